The average Bonchev–Trinajstić information content (AvgIpc) is 2.54. The molecule has 0 aliphatic carbocycles. The lowest BCUT2D eigenvalue weighted by Gasteiger charge is -2.13. The number of rotatable bonds is 6. The number of hydrazone groups is 1. The van der Waals surface area contributed by atoms with E-state index >= 15 is 0 Å². The van der Waals surface area contributed by atoms with Gasteiger partial charge >= 0.3 is 6.03 Å². The minimum Gasteiger partial charge on any atom is -0.493 e. The number of hydrogen-bond acceptors (Lipinski definition) is 4. The molecule has 0 radical (unpaired) electrons. The molecule has 0 unspecified atom stereocenters. The first-order valence-electron chi connectivity index (χ1n) is 6.73. The molecule has 0 aromatic heterocycles. The molecule has 2 rings (SSSR count). The van der Waals surface area contributed by atoms with Crippen molar-refractivity contribution in [3.63, 3.8) is 0 Å². The number of benzene rings is 2. The van der Waals surface area contributed by atoms with Crippen LogP contribution in [0.25, 0.3) is 0 Å². The van der Waals surface area contributed by atoms with Gasteiger partial charge in [0.1, 0.15) is 6.61 Å². The predicted molar refractivity (Wildman–Crippen MR) is 89.1 cm³/mol. The van der Waals surface area contributed by atoms with Crippen LogP contribution in [-0.4, -0.2) is 19.4 Å². The molecule has 23 heavy (non-hydrogen) atoms. The Balaban J connectivity index is 2.19. The average molecular weight is 334 g/mol. The third-order valence-electron chi connectivity index (χ3n) is 2.90. The number of hydrogen-bond donors (Lipinski definition) is 2. The molecule has 2 amide bonds. The highest BCUT2D eigenvalue weighted by Gasteiger charge is 2.09. The molecule has 6 nitrogen and oxygen atoms in total. The van der Waals surface area contributed by atoms with Crippen molar-refractivity contribution in [1.29, 1.82) is 0 Å². The van der Waals surface area contributed by atoms with Crippen molar-refractivity contribution in [3.8, 4) is 11.5 Å². The van der Waals surface area contributed by atoms with E-state index in [1.807, 2.05) is 12.1 Å². The highest BCUT2D eigenvalue weighted by molar-refractivity contribution is 6.30. The molecule has 0 fully saturated rings. The van der Waals surface area contributed by atoms with Crippen LogP contribution in [0.1, 0.15) is 11.1 Å². The van der Waals surface area contributed by atoms with E-state index in [1.54, 1.807) is 37.4 Å². The lowest BCUT2D eigenvalue weighted by atomic mass is 10.2. The Morgan fingerprint density at radius 2 is 2.04 bits per heavy atom. The van der Waals surface area contributed by atoms with Crippen LogP contribution in [-0.2, 0) is 6.61 Å². The molecule has 0 bridgehead atoms. The van der Waals surface area contributed by atoms with Crippen molar-refractivity contribution in [2.45, 2.75) is 6.61 Å². The summed E-state index contributed by atoms with van der Waals surface area (Å²) in [5.74, 6) is 1.07. The molecular weight excluding hydrogens is 318 g/mol. The third kappa shape index (κ3) is 4.89. The zero-order chi connectivity index (χ0) is 16.7. The first-order valence-corrected chi connectivity index (χ1v) is 7.10. The number of nitrogens with zero attached hydrogens (tertiary/aromatic N) is 1. The minimum absolute atomic E-state index is 0.335. The normalized spacial score (nSPS) is 10.5. The van der Waals surface area contributed by atoms with Gasteiger partial charge in [0.25, 0.3) is 0 Å². The molecular formula is C16H16ClN3O3. The Kier molecular flexibility index (Phi) is 5.82. The van der Waals surface area contributed by atoms with Crippen LogP contribution in [0.4, 0.5) is 4.79 Å². The van der Waals surface area contributed by atoms with Crippen LogP contribution in [0.2, 0.25) is 5.02 Å². The molecule has 0 aliphatic rings. The number of carbonyl (C=O) groups is 1. The molecule has 2 aromatic rings. The van der Waals surface area contributed by atoms with Gasteiger partial charge in [-0.1, -0.05) is 29.8 Å². The van der Waals surface area contributed by atoms with E-state index < -0.39 is 6.03 Å². The van der Waals surface area contributed by atoms with Crippen molar-refractivity contribution in [2.24, 2.45) is 10.8 Å². The third-order valence-corrected chi connectivity index (χ3v) is 3.16. The zero-order valence-corrected chi connectivity index (χ0v) is 13.2. The topological polar surface area (TPSA) is 85.9 Å². The van der Waals surface area contributed by atoms with E-state index in [4.69, 9.17) is 26.8 Å². The van der Waals surface area contributed by atoms with Gasteiger partial charge in [-0.3, -0.25) is 0 Å². The van der Waals surface area contributed by atoms with Crippen LogP contribution in [0.5, 0.6) is 11.5 Å². The second-order valence-corrected chi connectivity index (χ2v) is 4.96. The quantitative estimate of drug-likeness (QED) is 0.629. The molecule has 0 atom stereocenters. The van der Waals surface area contributed by atoms with Crippen molar-refractivity contribution in [1.82, 2.24) is 5.43 Å². The first kappa shape index (κ1) is 16.6. The highest BCUT2D eigenvalue weighted by Crippen LogP contribution is 2.30. The maximum atomic E-state index is 10.7. The van der Waals surface area contributed by atoms with Gasteiger partial charge in [-0.05, 0) is 29.8 Å². The summed E-state index contributed by atoms with van der Waals surface area (Å²) in [7, 11) is 1.55. The fourth-order valence-electron chi connectivity index (χ4n) is 1.85. The van der Waals surface area contributed by atoms with Gasteiger partial charge in [0.15, 0.2) is 11.5 Å². The van der Waals surface area contributed by atoms with E-state index in [-0.39, 0.29) is 0 Å². The summed E-state index contributed by atoms with van der Waals surface area (Å²) in [6.07, 6.45) is 1.43. The van der Waals surface area contributed by atoms with Gasteiger partial charge in [0, 0.05) is 10.6 Å². The number of nitrogens with one attached hydrogen (secondary N) is 1. The molecule has 0 saturated heterocycles. The number of amides is 2. The molecule has 7 heteroatoms. The molecule has 0 spiro atoms. The minimum atomic E-state index is -0.743. The van der Waals surface area contributed by atoms with Gasteiger partial charge in [0.2, 0.25) is 0 Å². The molecule has 0 aliphatic heterocycles. The second-order valence-electron chi connectivity index (χ2n) is 4.53. The Morgan fingerprint density at radius 3 is 2.70 bits per heavy atom. The lowest BCUT2D eigenvalue weighted by Crippen LogP contribution is -2.24. The van der Waals surface area contributed by atoms with Crippen molar-refractivity contribution < 1.29 is 14.3 Å². The van der Waals surface area contributed by atoms with Crippen molar-refractivity contribution in [2.75, 3.05) is 7.11 Å². The van der Waals surface area contributed by atoms with Gasteiger partial charge < -0.3 is 15.2 Å². The Hall–Kier alpha value is -2.73. The van der Waals surface area contributed by atoms with Gasteiger partial charge in [-0.2, -0.15) is 5.10 Å². The summed E-state index contributed by atoms with van der Waals surface area (Å²) in [6.45, 7) is 0.335. The lowest BCUT2D eigenvalue weighted by molar-refractivity contribution is 0.249. The highest BCUT2D eigenvalue weighted by atomic mass is 35.5. The van der Waals surface area contributed by atoms with Crippen LogP contribution < -0.4 is 20.6 Å². The summed E-state index contributed by atoms with van der Waals surface area (Å²) in [5.41, 5.74) is 8.71. The summed E-state index contributed by atoms with van der Waals surface area (Å²) in [4.78, 5) is 10.7. The van der Waals surface area contributed by atoms with E-state index in [1.165, 1.54) is 6.21 Å². The van der Waals surface area contributed by atoms with Crippen molar-refractivity contribution in [3.05, 3.63) is 58.6 Å². The van der Waals surface area contributed by atoms with Crippen LogP contribution >= 0.6 is 11.6 Å². The Labute approximate surface area is 138 Å². The molecule has 0 heterocycles. The summed E-state index contributed by atoms with van der Waals surface area (Å²) < 4.78 is 11.1. The molecule has 3 N–H and O–H groups in total. The van der Waals surface area contributed by atoms with E-state index in [2.05, 4.69) is 10.5 Å². The predicted octanol–water partition coefficient (Wildman–Crippen LogP) is 2.93. The fraction of sp³-hybridized carbons (Fsp3) is 0.125. The SMILES string of the molecule is COc1cccc(C=NNC(N)=O)c1OCc1ccc(Cl)cc1. The largest absolute Gasteiger partial charge is 0.493 e. The number of primary amides is 1. The van der Waals surface area contributed by atoms with Crippen molar-refractivity contribution >= 4 is 23.8 Å². The number of para-hydroxylation sites is 1. The van der Waals surface area contributed by atoms with E-state index in [0.717, 1.165) is 5.56 Å². The number of methoxy groups -OCH3 is 1. The first-order chi connectivity index (χ1) is 11.1. The summed E-state index contributed by atoms with van der Waals surface area (Å²) in [6, 6.07) is 11.9. The van der Waals surface area contributed by atoms with Crippen LogP contribution in [0.15, 0.2) is 47.6 Å². The molecule has 0 saturated carbocycles. The Bertz CT molecular complexity index is 702. The zero-order valence-electron chi connectivity index (χ0n) is 12.5. The molecule has 2 aromatic carbocycles. The van der Waals surface area contributed by atoms with E-state index in [9.17, 15) is 4.79 Å². The smallest absolute Gasteiger partial charge is 0.332 e. The van der Waals surface area contributed by atoms with Gasteiger partial charge in [-0.25, -0.2) is 10.2 Å². The fourth-order valence-corrected chi connectivity index (χ4v) is 1.98. The number of ether oxygens (including phenoxy) is 2. The number of halogens is 1. The van der Waals surface area contributed by atoms with Gasteiger partial charge in [0.05, 0.1) is 13.3 Å². The maximum Gasteiger partial charge on any atom is 0.332 e. The summed E-state index contributed by atoms with van der Waals surface area (Å²) >= 11 is 5.86. The van der Waals surface area contributed by atoms with Crippen LogP contribution in [0, 0.1) is 0 Å². The second kappa shape index (κ2) is 8.05. The number of urea groups is 1. The monoisotopic (exact) mass is 333 g/mol. The summed E-state index contributed by atoms with van der Waals surface area (Å²) in [5, 5.41) is 4.40. The van der Waals surface area contributed by atoms with E-state index in [0.29, 0.717) is 28.7 Å². The Morgan fingerprint density at radius 1 is 1.30 bits per heavy atom. The molecule has 120 valence electrons. The number of carbonyl (C=O) groups excluding carboxylic acids is 1. The van der Waals surface area contributed by atoms with Gasteiger partial charge in [-0.15, -0.1) is 0 Å². The standard InChI is InChI=1S/C16H16ClN3O3/c1-22-14-4-2-3-12(9-19-20-16(18)21)15(14)23-10-11-5-7-13(17)8-6-11/h2-9H,10H2,1H3,(H3,18,20,21). The number of nitrogens with two attached hydrogens (primary N) is 1. The van der Waals surface area contributed by atoms with Crippen LogP contribution in [0.3, 0.4) is 0 Å². The maximum absolute atomic E-state index is 10.7.